The number of anilines is 2. The molecule has 4 N–H and O–H groups in total. The number of benzene rings is 5. The van der Waals surface area contributed by atoms with E-state index in [2.05, 4.69) is 168 Å². The van der Waals surface area contributed by atoms with Crippen LogP contribution in [0.5, 0.6) is 5.75 Å². The predicted molar refractivity (Wildman–Crippen MR) is 306 cm³/mol. The number of ether oxygens (including phenoxy) is 2. The van der Waals surface area contributed by atoms with Crippen LogP contribution >= 0.6 is 0 Å². The van der Waals surface area contributed by atoms with Crippen LogP contribution < -0.4 is 30.1 Å². The van der Waals surface area contributed by atoms with Crippen LogP contribution in [0.15, 0.2) is 126 Å². The Kier molecular flexibility index (Phi) is 16.6. The number of carboxylic acid groups (broad SMARTS) is 1. The van der Waals surface area contributed by atoms with Crippen molar-refractivity contribution in [2.45, 2.75) is 38.5 Å². The van der Waals surface area contributed by atoms with E-state index in [-0.39, 0.29) is 13.2 Å². The molecule has 7 aromatic rings. The summed E-state index contributed by atoms with van der Waals surface area (Å²) in [6.45, 7) is 10.2. The van der Waals surface area contributed by atoms with Crippen LogP contribution in [0.3, 0.4) is 0 Å². The van der Waals surface area contributed by atoms with Crippen molar-refractivity contribution in [3.8, 4) is 28.5 Å². The predicted octanol–water partition coefficient (Wildman–Crippen LogP) is 7.64. The van der Waals surface area contributed by atoms with Crippen molar-refractivity contribution in [3.05, 3.63) is 148 Å². The minimum atomic E-state index is -5.19. The number of hydrogen-bond acceptors (Lipinski definition) is 11. The third kappa shape index (κ3) is 12.6. The molecule has 10 rings (SSSR count). The van der Waals surface area contributed by atoms with Gasteiger partial charge in [0.2, 0.25) is 0 Å². The van der Waals surface area contributed by atoms with Gasteiger partial charge >= 0.3 is 12.3 Å². The number of aliphatic carboxylic acids is 1. The molecule has 0 unspecified atom stereocenters. The highest BCUT2D eigenvalue weighted by Gasteiger charge is 2.41. The molecule has 4 heterocycles. The van der Waals surface area contributed by atoms with Crippen LogP contribution in [0.4, 0.5) is 29.3 Å². The fourth-order valence-electron chi connectivity index (χ4n) is 10.2. The second kappa shape index (κ2) is 23.5. The number of fused-ring (bicyclic) bond motifs is 4. The molecule has 2 aliphatic heterocycles. The summed E-state index contributed by atoms with van der Waals surface area (Å²) >= 11 is 0. The molecular formula is C60H66F3N9O6Si. The topological polar surface area (TPSA) is 178 Å². The maximum absolute atomic E-state index is 12.8. The minimum absolute atomic E-state index is 0.0510. The highest BCUT2D eigenvalue weighted by atomic mass is 28.3. The number of likely N-dealkylation sites (N-methyl/N-ethyl adjacent to an activating group) is 1. The maximum atomic E-state index is 12.8. The molecule has 0 radical (unpaired) electrons. The number of aliphatic hydroxyl groups is 1. The van der Waals surface area contributed by atoms with Crippen LogP contribution in [0, 0.1) is 0 Å². The van der Waals surface area contributed by atoms with Crippen molar-refractivity contribution in [1.29, 1.82) is 0 Å². The number of hydrogen-bond donors (Lipinski definition) is 4. The van der Waals surface area contributed by atoms with Crippen molar-refractivity contribution < 1.29 is 47.0 Å². The number of carbonyl (C=O) groups is 2. The zero-order valence-electron chi connectivity index (χ0n) is 45.6. The summed E-state index contributed by atoms with van der Waals surface area (Å²) in [4.78, 5) is 45.4. The number of amides is 1. The molecule has 3 aliphatic rings. The average molecular weight is 1090 g/mol. The zero-order valence-corrected chi connectivity index (χ0v) is 46.6. The highest BCUT2D eigenvalue weighted by molar-refractivity contribution is 6.98. The standard InChI is InChI=1S/C58H65N9O4Si.C2HF3O2/c1-64(2)42-14-19-46-53(36-42)72(6,7)54-37-43(65(3)4)15-20-47(54)55(46)48-33-38(9-10-39(48)23-30-68)24-32-71-58(69)59-25-8-31-70-45-17-11-40(12-18-45)56-60-49-21-13-41(34-51(49)62-56)57-61-50-22-16-44(35-52(50)63-57)67-28-26-66(5)27-29-67;3-2(4,5)1(6)7/h9-22,33-37,68H,8,23-32H2,1-7H3,(H2-,59,60,61,62,63,69);(H,6,7). The molecule has 19 heteroatoms. The fraction of sp³-hybridized carbons (Fsp3) is 0.317. The van der Waals surface area contributed by atoms with Gasteiger partial charge in [0.15, 0.2) is 5.71 Å². The summed E-state index contributed by atoms with van der Waals surface area (Å²) in [5, 5.41) is 24.7. The number of aromatic amines is 2. The number of allylic oxidation sites excluding steroid dienone is 5. The summed E-state index contributed by atoms with van der Waals surface area (Å²) in [5.41, 5.74) is 16.3. The number of carbonyl (C=O) groups excluding carboxylic acids is 2. The Hall–Kier alpha value is -8.00. The lowest BCUT2D eigenvalue weighted by atomic mass is 9.85. The lowest BCUT2D eigenvalue weighted by Crippen LogP contribution is -2.49. The molecule has 0 saturated carbocycles. The summed E-state index contributed by atoms with van der Waals surface area (Å²) in [6.07, 6.45) is 2.94. The van der Waals surface area contributed by atoms with E-state index in [4.69, 9.17) is 29.3 Å². The molecule has 1 fully saturated rings. The second-order valence-corrected chi connectivity index (χ2v) is 25.3. The number of imidazole rings is 2. The van der Waals surface area contributed by atoms with Gasteiger partial charge in [-0.3, -0.25) is 0 Å². The van der Waals surface area contributed by atoms with E-state index in [9.17, 15) is 23.1 Å². The van der Waals surface area contributed by atoms with Gasteiger partial charge < -0.3 is 54.5 Å². The molecule has 5 aromatic carbocycles. The molecular weight excluding hydrogens is 1030 g/mol. The van der Waals surface area contributed by atoms with E-state index in [1.165, 1.54) is 44.2 Å². The van der Waals surface area contributed by atoms with Crippen molar-refractivity contribution in [1.82, 2.24) is 30.2 Å². The van der Waals surface area contributed by atoms with E-state index < -0.39 is 26.3 Å². The van der Waals surface area contributed by atoms with E-state index in [1.807, 2.05) is 30.3 Å². The molecule has 1 aliphatic carbocycles. The third-order valence-corrected chi connectivity index (χ3v) is 18.2. The fourth-order valence-corrected chi connectivity index (χ4v) is 13.3. The van der Waals surface area contributed by atoms with Crippen LogP contribution in [-0.2, 0) is 22.4 Å². The molecule has 412 valence electrons. The first kappa shape index (κ1) is 55.7. The van der Waals surface area contributed by atoms with Gasteiger partial charge in [-0.15, -0.1) is 0 Å². The van der Waals surface area contributed by atoms with Crippen molar-refractivity contribution in [2.75, 3.05) is 97.6 Å². The number of alkyl halides is 3. The smallest absolute Gasteiger partial charge is 0.430 e. The third-order valence-electron chi connectivity index (χ3n) is 14.7. The first-order valence-electron chi connectivity index (χ1n) is 26.4. The van der Waals surface area contributed by atoms with Gasteiger partial charge in [0, 0.05) is 94.5 Å². The molecule has 15 nitrogen and oxygen atoms in total. The first-order valence-corrected chi connectivity index (χ1v) is 29.4. The molecule has 1 saturated heterocycles. The van der Waals surface area contributed by atoms with Gasteiger partial charge in [0.1, 0.15) is 45.5 Å². The monoisotopic (exact) mass is 1090 g/mol. The number of alkyl carbamates (subject to hydrolysis) is 1. The minimum Gasteiger partial charge on any atom is -0.542 e. The number of carboxylic acids is 1. The maximum Gasteiger partial charge on any atom is 0.430 e. The molecule has 1 amide bonds. The van der Waals surface area contributed by atoms with Crippen LogP contribution in [0.1, 0.15) is 28.7 Å². The Morgan fingerprint density at radius 3 is 2.16 bits per heavy atom. The zero-order chi connectivity index (χ0) is 56.2. The lowest BCUT2D eigenvalue weighted by molar-refractivity contribution is -0.462. The average Bonchev–Trinajstić information content (AvgIpc) is 4.02. The van der Waals surface area contributed by atoms with Gasteiger partial charge in [-0.2, -0.15) is 13.2 Å². The van der Waals surface area contributed by atoms with Crippen LogP contribution in [0.25, 0.3) is 50.4 Å². The number of H-pyrrole nitrogens is 2. The quantitative estimate of drug-likeness (QED) is 0.0451. The van der Waals surface area contributed by atoms with Gasteiger partial charge in [0.25, 0.3) is 0 Å². The van der Waals surface area contributed by atoms with E-state index >= 15 is 0 Å². The van der Waals surface area contributed by atoms with Crippen molar-refractivity contribution >= 4 is 70.0 Å². The first-order chi connectivity index (χ1) is 37.8. The van der Waals surface area contributed by atoms with Gasteiger partial charge in [0.05, 0.1) is 35.3 Å². The number of aromatic nitrogens is 4. The van der Waals surface area contributed by atoms with E-state index in [0.29, 0.717) is 32.4 Å². The Morgan fingerprint density at radius 2 is 1.49 bits per heavy atom. The summed E-state index contributed by atoms with van der Waals surface area (Å²) in [5.74, 6) is -0.659. The Labute approximate surface area is 458 Å². The number of halogens is 3. The molecule has 79 heavy (non-hydrogen) atoms. The second-order valence-electron chi connectivity index (χ2n) is 20.9. The SMILES string of the molecule is CN1CCN(c2ccc3nc(-c4ccc5nc(-c6ccc(OCCCNC(=O)OCCc7ccc(CCO)c(C8=C9C=CC(=[N+](C)C)C=C9[Si](C)(C)c9cc(N(C)C)ccc98)c7)cc6)[nH]c5c4)[nH]c3c2)CC1.O=C([O-])C(F)(F)F. The molecule has 0 atom stereocenters. The number of nitrogens with zero attached hydrogens (tertiary/aromatic N) is 6. The Morgan fingerprint density at radius 1 is 0.823 bits per heavy atom. The van der Waals surface area contributed by atoms with E-state index in [0.717, 1.165) is 93.5 Å². The van der Waals surface area contributed by atoms with Gasteiger partial charge in [-0.25, -0.2) is 19.3 Å². The number of nitrogens with one attached hydrogen (secondary N) is 3. The summed E-state index contributed by atoms with van der Waals surface area (Å²) in [6, 6.07) is 33.9. The van der Waals surface area contributed by atoms with Crippen molar-refractivity contribution in [3.63, 3.8) is 0 Å². The largest absolute Gasteiger partial charge is 0.542 e. The molecule has 2 aromatic heterocycles. The summed E-state index contributed by atoms with van der Waals surface area (Å²) in [7, 11) is 8.43. The molecule has 0 spiro atoms. The van der Waals surface area contributed by atoms with E-state index in [1.54, 1.807) is 0 Å². The van der Waals surface area contributed by atoms with Crippen LogP contribution in [-0.4, -0.2) is 154 Å². The highest BCUT2D eigenvalue weighted by Crippen LogP contribution is 2.43. The lowest BCUT2D eigenvalue weighted by Gasteiger charge is -2.38. The molecule has 0 bridgehead atoms. The normalized spacial score (nSPS) is 15.1. The Bertz CT molecular complexity index is 3530. The number of rotatable bonds is 15. The van der Waals surface area contributed by atoms with Gasteiger partial charge in [-0.05, 0) is 143 Å². The Balaban J connectivity index is 0.00000101. The summed E-state index contributed by atoms with van der Waals surface area (Å²) < 4.78 is 45.4. The number of piperazine rings is 1. The number of aliphatic hydroxyl groups excluding tert-OH is 1. The van der Waals surface area contributed by atoms with Gasteiger partial charge in [-0.1, -0.05) is 37.4 Å². The van der Waals surface area contributed by atoms with Crippen molar-refractivity contribution in [2.24, 2.45) is 0 Å². The van der Waals surface area contributed by atoms with Crippen LogP contribution in [0.2, 0.25) is 13.1 Å².